The van der Waals surface area contributed by atoms with E-state index in [0.29, 0.717) is 0 Å². The number of phenolic OH excluding ortho intramolecular Hbond substituents is 2. The van der Waals surface area contributed by atoms with Gasteiger partial charge >= 0.3 is 5.97 Å². The second kappa shape index (κ2) is 5.82. The summed E-state index contributed by atoms with van der Waals surface area (Å²) in [6.07, 6.45) is -1.23. The number of carbonyl (C=O) groups is 1. The number of aliphatic hydroxyl groups excluding tert-OH is 1. The van der Waals surface area contributed by atoms with Gasteiger partial charge in [0.1, 0.15) is 17.6 Å². The van der Waals surface area contributed by atoms with E-state index >= 15 is 0 Å². The van der Waals surface area contributed by atoms with Crippen molar-refractivity contribution in [3.8, 4) is 11.5 Å². The van der Waals surface area contributed by atoms with Crippen LogP contribution in [0.3, 0.4) is 0 Å². The minimum absolute atomic E-state index is 0.0880. The Kier molecular flexibility index (Phi) is 5.09. The van der Waals surface area contributed by atoms with Gasteiger partial charge in [0.15, 0.2) is 0 Å². The maximum atomic E-state index is 9.45. The smallest absolute Gasteiger partial charge is 0.332 e. The number of aromatic hydroxyl groups is 2. The first-order chi connectivity index (χ1) is 6.43. The van der Waals surface area contributed by atoms with Gasteiger partial charge in [-0.15, -0.1) is 0 Å². The van der Waals surface area contributed by atoms with Crippen LogP contribution in [-0.4, -0.2) is 32.5 Å². The van der Waals surface area contributed by atoms with Crippen molar-refractivity contribution in [1.29, 1.82) is 0 Å². The Morgan fingerprint density at radius 1 is 1.29 bits per heavy atom. The summed E-state index contributed by atoms with van der Waals surface area (Å²) in [5.74, 6) is -1.01. The SMILES string of the molecule is CC(O)C(=O)O.Oc1cccc(O)c1. The number of rotatable bonds is 1. The van der Waals surface area contributed by atoms with Crippen LogP contribution in [0.5, 0.6) is 11.5 Å². The lowest BCUT2D eigenvalue weighted by molar-refractivity contribution is -0.145. The number of benzene rings is 1. The van der Waals surface area contributed by atoms with Crippen LogP contribution in [0.4, 0.5) is 0 Å². The Labute approximate surface area is 80.9 Å². The monoisotopic (exact) mass is 200 g/mol. The standard InChI is InChI=1S/C6H6O2.C3H6O3/c7-5-2-1-3-6(8)4-5;1-2(4)3(5)6/h1-4,7-8H;2,4H,1H3,(H,5,6). The zero-order chi connectivity index (χ0) is 11.1. The third-order valence-corrected chi connectivity index (χ3v) is 1.19. The van der Waals surface area contributed by atoms with Crippen molar-refractivity contribution in [3.05, 3.63) is 24.3 Å². The van der Waals surface area contributed by atoms with E-state index in [2.05, 4.69) is 0 Å². The van der Waals surface area contributed by atoms with Crippen molar-refractivity contribution in [1.82, 2.24) is 0 Å². The second-order valence-electron chi connectivity index (χ2n) is 2.53. The molecule has 0 bridgehead atoms. The van der Waals surface area contributed by atoms with E-state index in [1.807, 2.05) is 0 Å². The number of aliphatic carboxylic acids is 1. The molecule has 0 amide bonds. The molecule has 0 heterocycles. The molecular weight excluding hydrogens is 188 g/mol. The summed E-state index contributed by atoms with van der Waals surface area (Å²) in [5, 5.41) is 33.1. The number of hydrogen-bond acceptors (Lipinski definition) is 4. The van der Waals surface area contributed by atoms with E-state index in [9.17, 15) is 4.79 Å². The fourth-order valence-electron chi connectivity index (χ4n) is 0.493. The average Bonchev–Trinajstić information content (AvgIpc) is 2.04. The highest BCUT2D eigenvalue weighted by Gasteiger charge is 2.01. The van der Waals surface area contributed by atoms with Crippen molar-refractivity contribution < 1.29 is 25.2 Å². The molecule has 0 aliphatic rings. The van der Waals surface area contributed by atoms with Gasteiger partial charge in [0.25, 0.3) is 0 Å². The Balaban J connectivity index is 0.000000255. The summed E-state index contributed by atoms with van der Waals surface area (Å²) in [6.45, 7) is 1.20. The predicted molar refractivity (Wildman–Crippen MR) is 49.1 cm³/mol. The van der Waals surface area contributed by atoms with Gasteiger partial charge in [0.05, 0.1) is 0 Å². The molecule has 0 spiro atoms. The first-order valence-electron chi connectivity index (χ1n) is 3.82. The fraction of sp³-hybridized carbons (Fsp3) is 0.222. The van der Waals surface area contributed by atoms with E-state index < -0.39 is 12.1 Å². The Bertz CT molecular complexity index is 278. The first kappa shape index (κ1) is 12.2. The molecule has 5 heteroatoms. The minimum Gasteiger partial charge on any atom is -0.508 e. The number of carboxylic acids is 1. The molecule has 5 nitrogen and oxygen atoms in total. The van der Waals surface area contributed by atoms with E-state index in [-0.39, 0.29) is 11.5 Å². The van der Waals surface area contributed by atoms with Gasteiger partial charge in [-0.2, -0.15) is 0 Å². The number of hydrogen-bond donors (Lipinski definition) is 4. The highest BCUT2D eigenvalue weighted by Crippen LogP contribution is 2.14. The molecule has 0 aromatic heterocycles. The number of carboxylic acid groups (broad SMARTS) is 1. The second-order valence-corrected chi connectivity index (χ2v) is 2.53. The van der Waals surface area contributed by atoms with E-state index in [1.54, 1.807) is 6.07 Å². The van der Waals surface area contributed by atoms with Crippen LogP contribution in [0.15, 0.2) is 24.3 Å². The van der Waals surface area contributed by atoms with Crippen LogP contribution in [0.2, 0.25) is 0 Å². The molecule has 0 aliphatic carbocycles. The number of phenols is 2. The lowest BCUT2D eigenvalue weighted by Crippen LogP contribution is -2.13. The third-order valence-electron chi connectivity index (χ3n) is 1.19. The lowest BCUT2D eigenvalue weighted by Gasteiger charge is -1.89. The van der Waals surface area contributed by atoms with Gasteiger partial charge in [-0.05, 0) is 19.1 Å². The predicted octanol–water partition coefficient (Wildman–Crippen LogP) is 0.550. The summed E-state index contributed by atoms with van der Waals surface area (Å²) >= 11 is 0. The highest BCUT2D eigenvalue weighted by molar-refractivity contribution is 5.71. The largest absolute Gasteiger partial charge is 0.508 e. The van der Waals surface area contributed by atoms with Crippen molar-refractivity contribution in [2.24, 2.45) is 0 Å². The molecule has 0 fully saturated rings. The fourth-order valence-corrected chi connectivity index (χ4v) is 0.493. The van der Waals surface area contributed by atoms with Crippen molar-refractivity contribution >= 4 is 5.97 Å². The van der Waals surface area contributed by atoms with Crippen LogP contribution >= 0.6 is 0 Å². The van der Waals surface area contributed by atoms with Gasteiger partial charge in [-0.25, -0.2) is 4.79 Å². The Hall–Kier alpha value is -1.75. The molecule has 1 unspecified atom stereocenters. The molecule has 1 aromatic rings. The van der Waals surface area contributed by atoms with Crippen LogP contribution in [-0.2, 0) is 4.79 Å². The first-order valence-corrected chi connectivity index (χ1v) is 3.82. The van der Waals surface area contributed by atoms with Crippen molar-refractivity contribution in [2.45, 2.75) is 13.0 Å². The van der Waals surface area contributed by atoms with Crippen LogP contribution < -0.4 is 0 Å². The van der Waals surface area contributed by atoms with Crippen LogP contribution in [0.25, 0.3) is 0 Å². The molecule has 1 aromatic carbocycles. The quantitative estimate of drug-likeness (QED) is 0.530. The molecule has 78 valence electrons. The molecule has 14 heavy (non-hydrogen) atoms. The molecule has 0 aliphatic heterocycles. The van der Waals surface area contributed by atoms with Gasteiger partial charge in [-0.1, -0.05) is 6.07 Å². The van der Waals surface area contributed by atoms with E-state index in [0.717, 1.165) is 0 Å². The summed E-state index contributed by atoms with van der Waals surface area (Å²) in [5.41, 5.74) is 0. The van der Waals surface area contributed by atoms with Gasteiger partial charge in [0.2, 0.25) is 0 Å². The molecular formula is C9H12O5. The zero-order valence-corrected chi connectivity index (χ0v) is 7.58. The summed E-state index contributed by atoms with van der Waals surface area (Å²) in [6, 6.07) is 5.85. The van der Waals surface area contributed by atoms with Crippen molar-refractivity contribution in [3.63, 3.8) is 0 Å². The van der Waals surface area contributed by atoms with E-state index in [4.69, 9.17) is 20.4 Å². The topological polar surface area (TPSA) is 98.0 Å². The van der Waals surface area contributed by atoms with Gasteiger partial charge < -0.3 is 20.4 Å². The number of aliphatic hydroxyl groups is 1. The maximum Gasteiger partial charge on any atom is 0.332 e. The molecule has 0 radical (unpaired) electrons. The minimum atomic E-state index is -1.23. The van der Waals surface area contributed by atoms with Gasteiger partial charge in [0, 0.05) is 6.07 Å². The van der Waals surface area contributed by atoms with Gasteiger partial charge in [-0.3, -0.25) is 0 Å². The van der Waals surface area contributed by atoms with E-state index in [1.165, 1.54) is 25.1 Å². The lowest BCUT2D eigenvalue weighted by atomic mass is 10.3. The van der Waals surface area contributed by atoms with Crippen molar-refractivity contribution in [2.75, 3.05) is 0 Å². The molecule has 1 rings (SSSR count). The third kappa shape index (κ3) is 5.84. The summed E-state index contributed by atoms with van der Waals surface area (Å²) < 4.78 is 0. The normalized spacial score (nSPS) is 11.0. The van der Waals surface area contributed by atoms with Crippen LogP contribution in [0, 0.1) is 0 Å². The molecule has 0 saturated heterocycles. The molecule has 4 N–H and O–H groups in total. The Morgan fingerprint density at radius 2 is 1.64 bits per heavy atom. The molecule has 1 atom stereocenters. The average molecular weight is 200 g/mol. The Morgan fingerprint density at radius 3 is 1.79 bits per heavy atom. The summed E-state index contributed by atoms with van der Waals surface area (Å²) in [4.78, 5) is 9.45. The zero-order valence-electron chi connectivity index (χ0n) is 7.58. The highest BCUT2D eigenvalue weighted by atomic mass is 16.4. The summed E-state index contributed by atoms with van der Waals surface area (Å²) in [7, 11) is 0. The molecule has 0 saturated carbocycles. The van der Waals surface area contributed by atoms with Crippen LogP contribution in [0.1, 0.15) is 6.92 Å². The maximum absolute atomic E-state index is 9.45.